The van der Waals surface area contributed by atoms with E-state index in [0.717, 1.165) is 24.2 Å². The second-order valence-electron chi connectivity index (χ2n) is 6.69. The minimum Gasteiger partial charge on any atom is -0.496 e. The molecule has 7 nitrogen and oxygen atoms in total. The highest BCUT2D eigenvalue weighted by atomic mass is 35.5. The van der Waals surface area contributed by atoms with E-state index in [2.05, 4.69) is 5.32 Å². The molecule has 8 heteroatoms. The number of nitrogens with one attached hydrogen (secondary N) is 1. The van der Waals surface area contributed by atoms with Gasteiger partial charge in [0, 0.05) is 47.9 Å². The van der Waals surface area contributed by atoms with Crippen LogP contribution in [0.15, 0.2) is 36.4 Å². The molecule has 1 fully saturated rings. The molecular formula is C20H20ClN3O4. The number of nitro groups is 1. The highest BCUT2D eigenvalue weighted by molar-refractivity contribution is 6.30. The van der Waals surface area contributed by atoms with E-state index in [4.69, 9.17) is 21.1 Å². The summed E-state index contributed by atoms with van der Waals surface area (Å²) >= 11 is 6.25. The van der Waals surface area contributed by atoms with Crippen LogP contribution in [0, 0.1) is 21.4 Å². The molecule has 1 aliphatic rings. The molecule has 0 radical (unpaired) electrons. The molecule has 1 aliphatic heterocycles. The number of benzene rings is 2. The minimum absolute atomic E-state index is 0.112. The standard InChI is InChI=1S/C20H20ClN3O4/c1-27-19-5-2-15(21)11-17(19)20(6-8-28-9-7-20)13-23-18-4-3-16(24(25)26)10-14(18)12-22/h2-5,10-11,23H,6-9,13H2,1H3. The Kier molecular flexibility index (Phi) is 6.02. The lowest BCUT2D eigenvalue weighted by atomic mass is 9.73. The molecule has 0 bridgehead atoms. The number of halogens is 1. The number of non-ortho nitro benzene ring substituents is 1. The zero-order valence-electron chi connectivity index (χ0n) is 15.4. The van der Waals surface area contributed by atoms with Gasteiger partial charge in [-0.15, -0.1) is 0 Å². The van der Waals surface area contributed by atoms with Crippen LogP contribution < -0.4 is 10.1 Å². The number of anilines is 1. The van der Waals surface area contributed by atoms with Crippen molar-refractivity contribution in [3.8, 4) is 11.8 Å². The summed E-state index contributed by atoms with van der Waals surface area (Å²) < 4.78 is 11.1. The zero-order chi connectivity index (χ0) is 20.1. The van der Waals surface area contributed by atoms with Gasteiger partial charge in [-0.1, -0.05) is 11.6 Å². The molecule has 28 heavy (non-hydrogen) atoms. The predicted molar refractivity (Wildman–Crippen MR) is 106 cm³/mol. The Bertz CT molecular complexity index is 920. The molecule has 0 aromatic heterocycles. The maximum Gasteiger partial charge on any atom is 0.270 e. The Morgan fingerprint density at radius 3 is 2.71 bits per heavy atom. The first-order valence-corrected chi connectivity index (χ1v) is 9.21. The Labute approximate surface area is 168 Å². The molecule has 2 aromatic rings. The van der Waals surface area contributed by atoms with Crippen molar-refractivity contribution in [2.24, 2.45) is 0 Å². The molecule has 1 heterocycles. The van der Waals surface area contributed by atoms with E-state index >= 15 is 0 Å². The molecule has 0 unspecified atom stereocenters. The number of nitrogens with zero attached hydrogens (tertiary/aromatic N) is 2. The molecular weight excluding hydrogens is 382 g/mol. The monoisotopic (exact) mass is 401 g/mol. The van der Waals surface area contributed by atoms with Crippen molar-refractivity contribution in [3.05, 3.63) is 62.7 Å². The molecule has 0 aliphatic carbocycles. The van der Waals surface area contributed by atoms with Crippen LogP contribution in [0.3, 0.4) is 0 Å². The van der Waals surface area contributed by atoms with Crippen LogP contribution in [-0.2, 0) is 10.2 Å². The highest BCUT2D eigenvalue weighted by Crippen LogP contribution is 2.41. The van der Waals surface area contributed by atoms with Gasteiger partial charge in [-0.25, -0.2) is 0 Å². The van der Waals surface area contributed by atoms with Crippen molar-refractivity contribution in [2.45, 2.75) is 18.3 Å². The van der Waals surface area contributed by atoms with Crippen molar-refractivity contribution in [2.75, 3.05) is 32.2 Å². The summed E-state index contributed by atoms with van der Waals surface area (Å²) in [6.07, 6.45) is 1.51. The Hall–Kier alpha value is -2.82. The lowest BCUT2D eigenvalue weighted by molar-refractivity contribution is -0.384. The number of ether oxygens (including phenoxy) is 2. The van der Waals surface area contributed by atoms with Gasteiger partial charge in [0.05, 0.1) is 23.3 Å². The largest absolute Gasteiger partial charge is 0.496 e. The number of nitro benzene ring substituents is 1. The molecule has 2 aromatic carbocycles. The fourth-order valence-electron chi connectivity index (χ4n) is 3.55. The van der Waals surface area contributed by atoms with Crippen LogP contribution in [0.25, 0.3) is 0 Å². The summed E-state index contributed by atoms with van der Waals surface area (Å²) in [6, 6.07) is 11.8. The van der Waals surface area contributed by atoms with Crippen molar-refractivity contribution < 1.29 is 14.4 Å². The summed E-state index contributed by atoms with van der Waals surface area (Å²) in [7, 11) is 1.62. The van der Waals surface area contributed by atoms with Gasteiger partial charge in [0.2, 0.25) is 0 Å². The van der Waals surface area contributed by atoms with Gasteiger partial charge in [0.1, 0.15) is 11.8 Å². The van der Waals surface area contributed by atoms with Gasteiger partial charge in [0.15, 0.2) is 0 Å². The molecule has 1 saturated heterocycles. The highest BCUT2D eigenvalue weighted by Gasteiger charge is 2.37. The maximum atomic E-state index is 11.0. The smallest absolute Gasteiger partial charge is 0.270 e. The third kappa shape index (κ3) is 4.03. The number of hydrogen-bond acceptors (Lipinski definition) is 6. The minimum atomic E-state index is -0.512. The van der Waals surface area contributed by atoms with Crippen LogP contribution in [0.4, 0.5) is 11.4 Å². The van der Waals surface area contributed by atoms with Crippen molar-refractivity contribution in [3.63, 3.8) is 0 Å². The lowest BCUT2D eigenvalue weighted by Gasteiger charge is -2.39. The average Bonchev–Trinajstić information content (AvgIpc) is 2.72. The summed E-state index contributed by atoms with van der Waals surface area (Å²) in [5, 5.41) is 24.3. The third-order valence-corrected chi connectivity index (χ3v) is 5.37. The van der Waals surface area contributed by atoms with Crippen molar-refractivity contribution in [1.82, 2.24) is 0 Å². The van der Waals surface area contributed by atoms with Gasteiger partial charge < -0.3 is 14.8 Å². The van der Waals surface area contributed by atoms with Crippen LogP contribution in [-0.4, -0.2) is 31.8 Å². The topological polar surface area (TPSA) is 97.4 Å². The van der Waals surface area contributed by atoms with Gasteiger partial charge in [-0.2, -0.15) is 5.26 Å². The molecule has 0 atom stereocenters. The van der Waals surface area contributed by atoms with E-state index in [1.54, 1.807) is 19.2 Å². The number of rotatable bonds is 6. The molecule has 0 amide bonds. The van der Waals surface area contributed by atoms with E-state index < -0.39 is 4.92 Å². The summed E-state index contributed by atoms with van der Waals surface area (Å²) in [5.74, 6) is 0.748. The lowest BCUT2D eigenvalue weighted by Crippen LogP contribution is -2.40. The van der Waals surface area contributed by atoms with Crippen LogP contribution in [0.2, 0.25) is 5.02 Å². The number of methoxy groups -OCH3 is 1. The van der Waals surface area contributed by atoms with Gasteiger partial charge in [-0.3, -0.25) is 10.1 Å². The second kappa shape index (κ2) is 8.46. The van der Waals surface area contributed by atoms with Gasteiger partial charge >= 0.3 is 0 Å². The number of hydrogen-bond donors (Lipinski definition) is 1. The SMILES string of the molecule is COc1ccc(Cl)cc1C1(CNc2ccc([N+](=O)[O-])cc2C#N)CCOCC1. The molecule has 1 N–H and O–H groups in total. The normalized spacial score (nSPS) is 15.5. The molecule has 0 saturated carbocycles. The number of nitriles is 1. The fourth-order valence-corrected chi connectivity index (χ4v) is 3.73. The van der Waals surface area contributed by atoms with Crippen LogP contribution >= 0.6 is 11.6 Å². The van der Waals surface area contributed by atoms with E-state index in [1.807, 2.05) is 18.2 Å². The first-order valence-electron chi connectivity index (χ1n) is 8.83. The molecule has 146 valence electrons. The Morgan fingerprint density at radius 1 is 1.32 bits per heavy atom. The fraction of sp³-hybridized carbons (Fsp3) is 0.350. The van der Waals surface area contributed by atoms with Gasteiger partial charge in [-0.05, 0) is 37.1 Å². The summed E-state index contributed by atoms with van der Waals surface area (Å²) in [6.45, 7) is 1.71. The van der Waals surface area contributed by atoms with Crippen LogP contribution in [0.1, 0.15) is 24.0 Å². The van der Waals surface area contributed by atoms with E-state index in [0.29, 0.717) is 30.5 Å². The first-order chi connectivity index (χ1) is 13.5. The van der Waals surface area contributed by atoms with E-state index in [9.17, 15) is 15.4 Å². The van der Waals surface area contributed by atoms with E-state index in [1.165, 1.54) is 12.1 Å². The van der Waals surface area contributed by atoms with Crippen LogP contribution in [0.5, 0.6) is 5.75 Å². The molecule has 0 spiro atoms. The van der Waals surface area contributed by atoms with E-state index in [-0.39, 0.29) is 16.7 Å². The summed E-state index contributed by atoms with van der Waals surface area (Å²) in [5.41, 5.74) is 1.36. The molecule has 3 rings (SSSR count). The van der Waals surface area contributed by atoms with Gasteiger partial charge in [0.25, 0.3) is 5.69 Å². The van der Waals surface area contributed by atoms with Crippen molar-refractivity contribution >= 4 is 23.0 Å². The second-order valence-corrected chi connectivity index (χ2v) is 7.13. The third-order valence-electron chi connectivity index (χ3n) is 5.13. The zero-order valence-corrected chi connectivity index (χ0v) is 16.2. The summed E-state index contributed by atoms with van der Waals surface area (Å²) in [4.78, 5) is 10.4. The quantitative estimate of drug-likeness (QED) is 0.572. The predicted octanol–water partition coefficient (Wildman–Crippen LogP) is 4.29. The Morgan fingerprint density at radius 2 is 2.07 bits per heavy atom. The van der Waals surface area contributed by atoms with Crippen molar-refractivity contribution in [1.29, 1.82) is 5.26 Å². The average molecular weight is 402 g/mol. The Balaban J connectivity index is 1.94. The first kappa shape index (κ1) is 19.9. The maximum absolute atomic E-state index is 11.0.